The van der Waals surface area contributed by atoms with Crippen LogP contribution in [-0.4, -0.2) is 23.3 Å². The number of aromatic nitrogens is 1. The zero-order chi connectivity index (χ0) is 17.3. The van der Waals surface area contributed by atoms with Crippen molar-refractivity contribution in [2.24, 2.45) is 0 Å². The Labute approximate surface area is 135 Å². The van der Waals surface area contributed by atoms with E-state index < -0.39 is 23.8 Å². The van der Waals surface area contributed by atoms with Crippen LogP contribution in [0.25, 0.3) is 6.08 Å². The van der Waals surface area contributed by atoms with Crippen LogP contribution >= 0.6 is 0 Å². The molecule has 126 valence electrons. The Morgan fingerprint density at radius 1 is 1.33 bits per heavy atom. The van der Waals surface area contributed by atoms with Gasteiger partial charge < -0.3 is 14.6 Å². The van der Waals surface area contributed by atoms with Gasteiger partial charge in [0.25, 0.3) is 5.91 Å². The molecule has 1 aliphatic rings. The number of nitrogens with one attached hydrogen (secondary N) is 1. The molecule has 8 heteroatoms. The number of alkyl halides is 3. The lowest BCUT2D eigenvalue weighted by Gasteiger charge is -2.28. The number of benzene rings is 1. The molecule has 1 unspecified atom stereocenters. The Hall–Kier alpha value is -2.77. The van der Waals surface area contributed by atoms with E-state index in [2.05, 4.69) is 10.5 Å². The minimum atomic E-state index is -4.71. The van der Waals surface area contributed by atoms with Gasteiger partial charge in [0.15, 0.2) is 0 Å². The molecule has 5 nitrogen and oxygen atoms in total. The summed E-state index contributed by atoms with van der Waals surface area (Å²) in [6.45, 7) is 1.63. The topological polar surface area (TPSA) is 64.4 Å². The normalized spacial score (nSPS) is 16.8. The number of carbonyl (C=O) groups is 1. The zero-order valence-corrected chi connectivity index (χ0v) is 12.6. The molecule has 0 saturated carbocycles. The molecule has 1 N–H and O–H groups in total. The average molecular weight is 338 g/mol. The van der Waals surface area contributed by atoms with E-state index in [4.69, 9.17) is 9.26 Å². The van der Waals surface area contributed by atoms with E-state index in [9.17, 15) is 18.0 Å². The lowest BCUT2D eigenvalue weighted by molar-refractivity contribution is -0.185. The Morgan fingerprint density at radius 3 is 2.75 bits per heavy atom. The minimum absolute atomic E-state index is 0.0419. The Morgan fingerprint density at radius 2 is 2.08 bits per heavy atom. The number of fused-ring (bicyclic) bond motifs is 1. The first-order valence-corrected chi connectivity index (χ1v) is 7.09. The summed E-state index contributed by atoms with van der Waals surface area (Å²) in [5, 5.41) is 6.08. The van der Waals surface area contributed by atoms with Crippen LogP contribution in [0.1, 0.15) is 17.0 Å². The van der Waals surface area contributed by atoms with Gasteiger partial charge >= 0.3 is 6.18 Å². The summed E-state index contributed by atoms with van der Waals surface area (Å²) < 4.78 is 49.6. The smallest absolute Gasteiger partial charge is 0.429 e. The van der Waals surface area contributed by atoms with Crippen molar-refractivity contribution in [2.45, 2.75) is 25.7 Å². The predicted molar refractivity (Wildman–Crippen MR) is 78.0 cm³/mol. The summed E-state index contributed by atoms with van der Waals surface area (Å²) in [6.07, 6.45) is -5.83. The number of nitrogens with zero attached hydrogens (tertiary/aromatic N) is 1. The third-order valence-corrected chi connectivity index (χ3v) is 3.42. The molecule has 2 heterocycles. The summed E-state index contributed by atoms with van der Waals surface area (Å²) in [6, 6.07) is 7.81. The van der Waals surface area contributed by atoms with Gasteiger partial charge in [-0.3, -0.25) is 4.79 Å². The molecule has 0 spiro atoms. The Balaban J connectivity index is 1.84. The zero-order valence-electron chi connectivity index (χ0n) is 12.6. The van der Waals surface area contributed by atoms with Crippen molar-refractivity contribution in [2.75, 3.05) is 0 Å². The number of ether oxygens (including phenoxy) is 1. The summed E-state index contributed by atoms with van der Waals surface area (Å²) >= 11 is 0. The van der Waals surface area contributed by atoms with Crippen molar-refractivity contribution in [3.05, 3.63) is 52.9 Å². The number of hydrogen-bond donors (Lipinski definition) is 1. The maximum absolute atomic E-state index is 13.2. The number of rotatable bonds is 3. The maximum atomic E-state index is 13.2. The predicted octanol–water partition coefficient (Wildman–Crippen LogP) is 3.01. The fourth-order valence-electron chi connectivity index (χ4n) is 2.34. The molecule has 0 aliphatic carbocycles. The molecule has 1 aromatic heterocycles. The van der Waals surface area contributed by atoms with E-state index in [0.29, 0.717) is 17.0 Å². The van der Waals surface area contributed by atoms with Crippen LogP contribution in [0.15, 0.2) is 40.4 Å². The van der Waals surface area contributed by atoms with Gasteiger partial charge in [0.1, 0.15) is 17.2 Å². The van der Waals surface area contributed by atoms with Crippen LogP contribution in [0.3, 0.4) is 0 Å². The molecular formula is C16H13F3N2O3. The lowest BCUT2D eigenvalue weighted by atomic mass is 10.0. The Kier molecular flexibility index (Phi) is 4.04. The van der Waals surface area contributed by atoms with Crippen LogP contribution in [0.2, 0.25) is 0 Å². The molecule has 24 heavy (non-hydrogen) atoms. The van der Waals surface area contributed by atoms with E-state index in [-0.39, 0.29) is 12.3 Å². The van der Waals surface area contributed by atoms with Crippen molar-refractivity contribution in [3.8, 4) is 5.75 Å². The third kappa shape index (κ3) is 3.27. The number of amides is 1. The minimum Gasteiger partial charge on any atom is -0.475 e. The first-order chi connectivity index (χ1) is 11.3. The number of hydrogen-bond acceptors (Lipinski definition) is 4. The molecular weight excluding hydrogens is 325 g/mol. The number of aryl methyl sites for hydroxylation is 1. The van der Waals surface area contributed by atoms with Crippen LogP contribution in [0.5, 0.6) is 5.75 Å². The van der Waals surface area contributed by atoms with Crippen LogP contribution in [0.4, 0.5) is 13.2 Å². The molecule has 1 amide bonds. The van der Waals surface area contributed by atoms with Crippen LogP contribution in [-0.2, 0) is 11.3 Å². The number of carbonyl (C=O) groups excluding carboxylic acids is 1. The molecule has 0 radical (unpaired) electrons. The second-order valence-electron chi connectivity index (χ2n) is 5.29. The number of halogens is 3. The van der Waals surface area contributed by atoms with Crippen molar-refractivity contribution in [1.82, 2.24) is 10.5 Å². The lowest BCUT2D eigenvalue weighted by Crippen LogP contribution is -2.43. The maximum Gasteiger partial charge on any atom is 0.429 e. The average Bonchev–Trinajstić information content (AvgIpc) is 2.96. The van der Waals surface area contributed by atoms with Crippen LogP contribution in [0, 0.1) is 6.92 Å². The molecule has 0 bridgehead atoms. The van der Waals surface area contributed by atoms with Crippen molar-refractivity contribution in [3.63, 3.8) is 0 Å². The first kappa shape index (κ1) is 16.1. The quantitative estimate of drug-likeness (QED) is 0.934. The first-order valence-electron chi connectivity index (χ1n) is 7.09. The molecule has 2 aromatic rings. The van der Waals surface area contributed by atoms with Crippen molar-refractivity contribution >= 4 is 12.0 Å². The molecule has 3 rings (SSSR count). The fourth-order valence-corrected chi connectivity index (χ4v) is 2.34. The largest absolute Gasteiger partial charge is 0.475 e. The van der Waals surface area contributed by atoms with Gasteiger partial charge in [-0.2, -0.15) is 13.2 Å². The van der Waals surface area contributed by atoms with E-state index in [1.807, 2.05) is 0 Å². The summed E-state index contributed by atoms with van der Waals surface area (Å²) in [5.41, 5.74) is 0.337. The third-order valence-electron chi connectivity index (χ3n) is 3.42. The van der Waals surface area contributed by atoms with Crippen LogP contribution < -0.4 is 10.1 Å². The van der Waals surface area contributed by atoms with Gasteiger partial charge in [-0.1, -0.05) is 23.4 Å². The van der Waals surface area contributed by atoms with E-state index >= 15 is 0 Å². The van der Waals surface area contributed by atoms with Gasteiger partial charge in [0.2, 0.25) is 6.10 Å². The van der Waals surface area contributed by atoms with Gasteiger partial charge in [-0.15, -0.1) is 0 Å². The fraction of sp³-hybridized carbons (Fsp3) is 0.250. The SMILES string of the molecule is Cc1cc(CNC(=O)C2=Cc3ccccc3OC2C(F)(F)F)no1. The monoisotopic (exact) mass is 338 g/mol. The molecule has 0 fully saturated rings. The van der Waals surface area contributed by atoms with E-state index in [1.54, 1.807) is 31.2 Å². The van der Waals surface area contributed by atoms with Gasteiger partial charge in [0.05, 0.1) is 12.1 Å². The van der Waals surface area contributed by atoms with Crippen molar-refractivity contribution in [1.29, 1.82) is 0 Å². The highest BCUT2D eigenvalue weighted by Crippen LogP contribution is 2.37. The van der Waals surface area contributed by atoms with Gasteiger partial charge in [-0.25, -0.2) is 0 Å². The second kappa shape index (κ2) is 6.03. The Bertz CT molecular complexity index is 796. The second-order valence-corrected chi connectivity index (χ2v) is 5.29. The van der Waals surface area contributed by atoms with Gasteiger partial charge in [-0.05, 0) is 19.1 Å². The highest BCUT2D eigenvalue weighted by molar-refractivity contribution is 6.00. The van der Waals surface area contributed by atoms with E-state index in [0.717, 1.165) is 0 Å². The molecule has 1 atom stereocenters. The van der Waals surface area contributed by atoms with Gasteiger partial charge in [0, 0.05) is 11.6 Å². The summed E-state index contributed by atoms with van der Waals surface area (Å²) in [4.78, 5) is 12.2. The molecule has 1 aliphatic heterocycles. The molecule has 0 saturated heterocycles. The standard InChI is InChI=1S/C16H13F3N2O3/c1-9-6-11(21-24-9)8-20-15(22)12-7-10-4-2-3-5-13(10)23-14(12)16(17,18)19/h2-7,14H,8H2,1H3,(H,20,22). The number of para-hydroxylation sites is 1. The highest BCUT2D eigenvalue weighted by atomic mass is 19.4. The molecule has 1 aromatic carbocycles. The van der Waals surface area contributed by atoms with E-state index in [1.165, 1.54) is 12.1 Å². The highest BCUT2D eigenvalue weighted by Gasteiger charge is 2.48. The summed E-state index contributed by atoms with van der Waals surface area (Å²) in [7, 11) is 0. The summed E-state index contributed by atoms with van der Waals surface area (Å²) in [5.74, 6) is -0.238. The van der Waals surface area contributed by atoms with Crippen molar-refractivity contribution < 1.29 is 27.2 Å².